The van der Waals surface area contributed by atoms with Crippen LogP contribution in [-0.2, 0) is 0 Å². The van der Waals surface area contributed by atoms with Crippen molar-refractivity contribution in [2.75, 3.05) is 5.73 Å². The van der Waals surface area contributed by atoms with Crippen molar-refractivity contribution in [1.29, 1.82) is 0 Å². The number of aromatic nitrogens is 1. The smallest absolute Gasteiger partial charge is 0.126 e. The van der Waals surface area contributed by atoms with Gasteiger partial charge >= 0.3 is 0 Å². The highest BCUT2D eigenvalue weighted by Crippen LogP contribution is 2.35. The molecule has 0 aliphatic rings. The average Bonchev–Trinajstić information content (AvgIpc) is 2.75. The monoisotopic (exact) mass is 260 g/mol. The van der Waals surface area contributed by atoms with E-state index in [4.69, 9.17) is 17.3 Å². The van der Waals surface area contributed by atoms with Crippen molar-refractivity contribution in [3.05, 3.63) is 47.5 Å². The fourth-order valence-corrected chi connectivity index (χ4v) is 3.03. The van der Waals surface area contributed by atoms with Gasteiger partial charge in [-0.2, -0.15) is 0 Å². The largest absolute Gasteiger partial charge is 0.398 e. The predicted octanol–water partition coefficient (Wildman–Crippen LogP) is 4.20. The summed E-state index contributed by atoms with van der Waals surface area (Å²) in [6, 6.07) is 13.5. The van der Waals surface area contributed by atoms with Gasteiger partial charge in [-0.1, -0.05) is 29.8 Å². The van der Waals surface area contributed by atoms with Crippen molar-refractivity contribution in [3.63, 3.8) is 0 Å². The summed E-state index contributed by atoms with van der Waals surface area (Å²) >= 11 is 7.71. The Kier molecular flexibility index (Phi) is 2.50. The zero-order chi connectivity index (χ0) is 11.8. The number of hydrogen-bond acceptors (Lipinski definition) is 3. The lowest BCUT2D eigenvalue weighted by atomic mass is 10.2. The van der Waals surface area contributed by atoms with Crippen molar-refractivity contribution < 1.29 is 0 Å². The maximum atomic E-state index is 6.11. The fraction of sp³-hybridized carbons (Fsp3) is 0. The van der Waals surface area contributed by atoms with E-state index in [9.17, 15) is 0 Å². The van der Waals surface area contributed by atoms with Gasteiger partial charge in [-0.05, 0) is 24.3 Å². The second-order valence-electron chi connectivity index (χ2n) is 3.69. The Labute approximate surface area is 108 Å². The molecule has 4 heteroatoms. The molecule has 0 unspecified atom stereocenters. The van der Waals surface area contributed by atoms with E-state index < -0.39 is 0 Å². The Bertz CT molecular complexity index is 691. The van der Waals surface area contributed by atoms with Crippen LogP contribution in [0.25, 0.3) is 20.8 Å². The summed E-state index contributed by atoms with van der Waals surface area (Å²) in [6.07, 6.45) is 0. The van der Waals surface area contributed by atoms with Gasteiger partial charge in [0.2, 0.25) is 0 Å². The highest BCUT2D eigenvalue weighted by molar-refractivity contribution is 7.21. The molecule has 2 N–H and O–H groups in total. The van der Waals surface area contributed by atoms with Crippen molar-refractivity contribution >= 4 is 38.8 Å². The molecule has 0 atom stereocenters. The molecule has 0 aliphatic carbocycles. The molecule has 1 heterocycles. The third kappa shape index (κ3) is 1.77. The van der Waals surface area contributed by atoms with Gasteiger partial charge in [0.15, 0.2) is 0 Å². The van der Waals surface area contributed by atoms with E-state index in [0.717, 1.165) is 26.5 Å². The molecule has 2 aromatic carbocycles. The standard InChI is InChI=1S/C13H9ClN2S/c14-9-5-3-7-11-12(9)16-13(17-11)8-4-1-2-6-10(8)15/h1-7H,15H2. The number of nitrogen functional groups attached to an aromatic ring is 1. The molecule has 0 bridgehead atoms. The van der Waals surface area contributed by atoms with Crippen LogP contribution in [0.5, 0.6) is 0 Å². The minimum absolute atomic E-state index is 0.680. The summed E-state index contributed by atoms with van der Waals surface area (Å²) in [7, 11) is 0. The Hall–Kier alpha value is -1.58. The molecule has 17 heavy (non-hydrogen) atoms. The van der Waals surface area contributed by atoms with E-state index in [1.54, 1.807) is 11.3 Å². The van der Waals surface area contributed by atoms with Crippen LogP contribution in [0.1, 0.15) is 0 Å². The lowest BCUT2D eigenvalue weighted by Gasteiger charge is -1.99. The topological polar surface area (TPSA) is 38.9 Å². The van der Waals surface area contributed by atoms with E-state index in [0.29, 0.717) is 5.02 Å². The normalized spacial score (nSPS) is 10.9. The van der Waals surface area contributed by atoms with E-state index >= 15 is 0 Å². The minimum Gasteiger partial charge on any atom is -0.398 e. The summed E-state index contributed by atoms with van der Waals surface area (Å²) in [5, 5.41) is 1.59. The molecule has 3 rings (SSSR count). The van der Waals surface area contributed by atoms with Crippen LogP contribution < -0.4 is 5.73 Å². The first-order valence-corrected chi connectivity index (χ1v) is 6.35. The summed E-state index contributed by atoms with van der Waals surface area (Å²) in [5.74, 6) is 0. The lowest BCUT2D eigenvalue weighted by Crippen LogP contribution is -1.88. The van der Waals surface area contributed by atoms with Crippen molar-refractivity contribution in [1.82, 2.24) is 4.98 Å². The lowest BCUT2D eigenvalue weighted by molar-refractivity contribution is 1.48. The number of benzene rings is 2. The molecule has 0 fully saturated rings. The van der Waals surface area contributed by atoms with Gasteiger partial charge in [0.25, 0.3) is 0 Å². The first-order chi connectivity index (χ1) is 8.25. The predicted molar refractivity (Wildman–Crippen MR) is 74.5 cm³/mol. The van der Waals surface area contributed by atoms with Gasteiger partial charge in [-0.25, -0.2) is 4.98 Å². The van der Waals surface area contributed by atoms with Crippen LogP contribution in [0.3, 0.4) is 0 Å². The van der Waals surface area contributed by atoms with Gasteiger partial charge in [0.1, 0.15) is 10.5 Å². The highest BCUT2D eigenvalue weighted by atomic mass is 35.5. The molecular formula is C13H9ClN2S. The second-order valence-corrected chi connectivity index (χ2v) is 5.13. The number of rotatable bonds is 1. The summed E-state index contributed by atoms with van der Waals surface area (Å²) in [6.45, 7) is 0. The first-order valence-electron chi connectivity index (χ1n) is 5.15. The molecule has 3 aromatic rings. The Morgan fingerprint density at radius 1 is 1.06 bits per heavy atom. The Morgan fingerprint density at radius 3 is 2.65 bits per heavy atom. The quantitative estimate of drug-likeness (QED) is 0.666. The number of nitrogens with zero attached hydrogens (tertiary/aromatic N) is 1. The molecule has 0 saturated carbocycles. The van der Waals surface area contributed by atoms with Crippen molar-refractivity contribution in [3.8, 4) is 10.6 Å². The van der Waals surface area contributed by atoms with Crippen LogP contribution in [0.2, 0.25) is 5.02 Å². The van der Waals surface area contributed by atoms with Crippen LogP contribution >= 0.6 is 22.9 Å². The number of halogens is 1. The van der Waals surface area contributed by atoms with Gasteiger partial charge < -0.3 is 5.73 Å². The summed E-state index contributed by atoms with van der Waals surface area (Å²) in [5.41, 5.74) is 8.49. The summed E-state index contributed by atoms with van der Waals surface area (Å²) in [4.78, 5) is 4.55. The molecule has 0 amide bonds. The number of para-hydroxylation sites is 2. The van der Waals surface area contributed by atoms with Gasteiger partial charge in [0.05, 0.1) is 9.72 Å². The zero-order valence-corrected chi connectivity index (χ0v) is 10.4. The minimum atomic E-state index is 0.680. The van der Waals surface area contributed by atoms with E-state index in [-0.39, 0.29) is 0 Å². The van der Waals surface area contributed by atoms with Gasteiger partial charge in [0, 0.05) is 11.3 Å². The van der Waals surface area contributed by atoms with Crippen molar-refractivity contribution in [2.45, 2.75) is 0 Å². The van der Waals surface area contributed by atoms with Crippen LogP contribution in [0.15, 0.2) is 42.5 Å². The number of fused-ring (bicyclic) bond motifs is 1. The number of anilines is 1. The molecule has 0 radical (unpaired) electrons. The fourth-order valence-electron chi connectivity index (χ4n) is 1.72. The molecule has 1 aromatic heterocycles. The summed E-state index contributed by atoms with van der Waals surface area (Å²) < 4.78 is 1.08. The molecule has 2 nitrogen and oxygen atoms in total. The highest BCUT2D eigenvalue weighted by Gasteiger charge is 2.10. The van der Waals surface area contributed by atoms with E-state index in [2.05, 4.69) is 4.98 Å². The SMILES string of the molecule is Nc1ccccc1-c1nc2c(Cl)cccc2s1. The maximum absolute atomic E-state index is 6.11. The molecular weight excluding hydrogens is 252 g/mol. The molecule has 0 spiro atoms. The Balaban J connectivity index is 2.26. The first kappa shape index (κ1) is 10.6. The average molecular weight is 261 g/mol. The third-order valence-corrected chi connectivity index (χ3v) is 3.92. The van der Waals surface area contributed by atoms with Crippen molar-refractivity contribution in [2.24, 2.45) is 0 Å². The number of hydrogen-bond donors (Lipinski definition) is 1. The van der Waals surface area contributed by atoms with E-state index in [1.807, 2.05) is 42.5 Å². The van der Waals surface area contributed by atoms with Crippen LogP contribution in [0, 0.1) is 0 Å². The van der Waals surface area contributed by atoms with Crippen LogP contribution in [0.4, 0.5) is 5.69 Å². The maximum Gasteiger partial charge on any atom is 0.126 e. The van der Waals surface area contributed by atoms with Gasteiger partial charge in [-0.3, -0.25) is 0 Å². The number of nitrogens with two attached hydrogens (primary N) is 1. The molecule has 0 aliphatic heterocycles. The molecule has 0 saturated heterocycles. The molecule has 84 valence electrons. The Morgan fingerprint density at radius 2 is 1.88 bits per heavy atom. The van der Waals surface area contributed by atoms with E-state index in [1.165, 1.54) is 0 Å². The second kappa shape index (κ2) is 4.02. The van der Waals surface area contributed by atoms with Crippen LogP contribution in [-0.4, -0.2) is 4.98 Å². The van der Waals surface area contributed by atoms with Gasteiger partial charge in [-0.15, -0.1) is 11.3 Å². The third-order valence-electron chi connectivity index (χ3n) is 2.56. The number of thiazole rings is 1. The zero-order valence-electron chi connectivity index (χ0n) is 8.85.